The molecule has 0 aliphatic carbocycles. The fourth-order valence-electron chi connectivity index (χ4n) is 2.22. The van der Waals surface area contributed by atoms with Crippen LogP contribution in [0.5, 0.6) is 0 Å². The summed E-state index contributed by atoms with van der Waals surface area (Å²) in [5, 5.41) is 0.641. The van der Waals surface area contributed by atoms with E-state index in [9.17, 15) is 12.8 Å². The van der Waals surface area contributed by atoms with E-state index in [-0.39, 0.29) is 9.92 Å². The lowest BCUT2D eigenvalue weighted by Gasteiger charge is -2.12. The van der Waals surface area contributed by atoms with Crippen molar-refractivity contribution in [1.29, 1.82) is 0 Å². The zero-order valence-corrected chi connectivity index (χ0v) is 13.7. The van der Waals surface area contributed by atoms with Crippen LogP contribution in [0, 0.1) is 5.82 Å². The first-order valence-electron chi connectivity index (χ1n) is 6.83. The molecule has 0 saturated heterocycles. The van der Waals surface area contributed by atoms with Gasteiger partial charge in [0.1, 0.15) is 17.2 Å². The van der Waals surface area contributed by atoms with Crippen molar-refractivity contribution < 1.29 is 17.2 Å². The minimum absolute atomic E-state index is 0.105. The summed E-state index contributed by atoms with van der Waals surface area (Å²) in [6, 6.07) is 11.8. The summed E-state index contributed by atoms with van der Waals surface area (Å²) in [6.45, 7) is 1.67. The first kappa shape index (κ1) is 16.0. The largest absolute Gasteiger partial charge is 0.459 e. The number of hydrogen-bond donors (Lipinski definition) is 1. The van der Waals surface area contributed by atoms with Gasteiger partial charge in [-0.3, -0.25) is 0 Å². The molecule has 0 bridgehead atoms. The van der Waals surface area contributed by atoms with Gasteiger partial charge in [-0.25, -0.2) is 17.5 Å². The Balaban J connectivity index is 1.88. The van der Waals surface area contributed by atoms with Crippen LogP contribution in [-0.2, 0) is 10.0 Å². The maximum atomic E-state index is 13.2. The molecule has 2 aromatic carbocycles. The zero-order valence-electron chi connectivity index (χ0n) is 12.1. The highest BCUT2D eigenvalue weighted by atomic mass is 35.5. The number of halogens is 2. The average Bonchev–Trinajstić information content (AvgIpc) is 2.93. The zero-order chi connectivity index (χ0) is 16.6. The van der Waals surface area contributed by atoms with E-state index >= 15 is 0 Å². The van der Waals surface area contributed by atoms with Crippen LogP contribution in [0.25, 0.3) is 11.0 Å². The SMILES string of the molecule is C[C@@H](NS(=O)(=O)c1ccc(F)c(Cl)c1)c1cc2ccccc2o1. The number of furan rings is 1. The minimum Gasteiger partial charge on any atom is -0.459 e. The highest BCUT2D eigenvalue weighted by molar-refractivity contribution is 7.89. The number of nitrogens with one attached hydrogen (secondary N) is 1. The van der Waals surface area contributed by atoms with Gasteiger partial charge in [0.15, 0.2) is 0 Å². The van der Waals surface area contributed by atoms with Gasteiger partial charge in [-0.1, -0.05) is 29.8 Å². The van der Waals surface area contributed by atoms with Crippen molar-refractivity contribution in [2.45, 2.75) is 17.9 Å². The number of hydrogen-bond acceptors (Lipinski definition) is 3. The van der Waals surface area contributed by atoms with Crippen LogP contribution >= 0.6 is 11.6 Å². The molecule has 0 saturated carbocycles. The number of rotatable bonds is 4. The molecule has 3 rings (SSSR count). The van der Waals surface area contributed by atoms with E-state index in [0.717, 1.165) is 23.6 Å². The molecule has 0 spiro atoms. The Hall–Kier alpha value is -1.89. The van der Waals surface area contributed by atoms with Gasteiger partial charge in [-0.05, 0) is 37.3 Å². The van der Waals surface area contributed by atoms with Crippen molar-refractivity contribution in [2.24, 2.45) is 0 Å². The molecular formula is C16H13ClFNO3S. The molecule has 1 aromatic heterocycles. The van der Waals surface area contributed by atoms with Crippen LogP contribution < -0.4 is 4.72 Å². The third-order valence-electron chi connectivity index (χ3n) is 3.40. The summed E-state index contributed by atoms with van der Waals surface area (Å²) in [7, 11) is -3.85. The van der Waals surface area contributed by atoms with Crippen LogP contribution in [0.15, 0.2) is 57.8 Å². The van der Waals surface area contributed by atoms with E-state index in [1.54, 1.807) is 19.1 Å². The molecule has 0 fully saturated rings. The van der Waals surface area contributed by atoms with Gasteiger partial charge in [-0.2, -0.15) is 0 Å². The topological polar surface area (TPSA) is 59.3 Å². The average molecular weight is 354 g/mol. The third kappa shape index (κ3) is 3.24. The molecule has 23 heavy (non-hydrogen) atoms. The van der Waals surface area contributed by atoms with Crippen molar-refractivity contribution >= 4 is 32.6 Å². The summed E-state index contributed by atoms with van der Waals surface area (Å²) in [5.41, 5.74) is 0.679. The van der Waals surface area contributed by atoms with E-state index in [0.29, 0.717) is 11.3 Å². The molecule has 1 N–H and O–H groups in total. The fraction of sp³-hybridized carbons (Fsp3) is 0.125. The Morgan fingerprint density at radius 1 is 1.17 bits per heavy atom. The molecule has 0 aliphatic rings. The third-order valence-corrected chi connectivity index (χ3v) is 5.23. The Kier molecular flexibility index (Phi) is 4.14. The molecule has 0 radical (unpaired) electrons. The Labute approximate surface area is 137 Å². The van der Waals surface area contributed by atoms with Crippen LogP contribution in [0.4, 0.5) is 4.39 Å². The predicted octanol–water partition coefficient (Wildman–Crippen LogP) is 4.26. The first-order chi connectivity index (χ1) is 10.9. The number of benzene rings is 2. The van der Waals surface area contributed by atoms with Crippen LogP contribution in [0.2, 0.25) is 5.02 Å². The highest BCUT2D eigenvalue weighted by Crippen LogP contribution is 2.26. The monoisotopic (exact) mass is 353 g/mol. The van der Waals surface area contributed by atoms with Gasteiger partial charge in [0.05, 0.1) is 16.0 Å². The van der Waals surface area contributed by atoms with E-state index in [1.807, 2.05) is 18.2 Å². The van der Waals surface area contributed by atoms with Crippen LogP contribution in [0.1, 0.15) is 18.7 Å². The quantitative estimate of drug-likeness (QED) is 0.762. The molecule has 4 nitrogen and oxygen atoms in total. The molecule has 1 atom stereocenters. The van der Waals surface area contributed by atoms with E-state index in [4.69, 9.17) is 16.0 Å². The highest BCUT2D eigenvalue weighted by Gasteiger charge is 2.21. The maximum absolute atomic E-state index is 13.2. The lowest BCUT2D eigenvalue weighted by atomic mass is 10.2. The van der Waals surface area contributed by atoms with Gasteiger partial charge in [0, 0.05) is 5.39 Å². The molecule has 1 heterocycles. The summed E-state index contributed by atoms with van der Waals surface area (Å²) < 4.78 is 46.0. The van der Waals surface area contributed by atoms with Crippen LogP contribution in [0.3, 0.4) is 0 Å². The standard InChI is InChI=1S/C16H13ClFNO3S/c1-10(16-8-11-4-2-3-5-15(11)22-16)19-23(20,21)12-6-7-14(18)13(17)9-12/h2-10,19H,1H3/t10-/m1/s1. The lowest BCUT2D eigenvalue weighted by molar-refractivity contribution is 0.484. The summed E-state index contributed by atoms with van der Waals surface area (Å²) in [4.78, 5) is -0.105. The summed E-state index contributed by atoms with van der Waals surface area (Å²) in [6.07, 6.45) is 0. The molecule has 120 valence electrons. The van der Waals surface area contributed by atoms with Crippen molar-refractivity contribution in [3.05, 3.63) is 65.1 Å². The first-order valence-corrected chi connectivity index (χ1v) is 8.69. The normalized spacial score (nSPS) is 13.3. The smallest absolute Gasteiger partial charge is 0.241 e. The predicted molar refractivity (Wildman–Crippen MR) is 86.4 cm³/mol. The van der Waals surface area contributed by atoms with Crippen molar-refractivity contribution in [1.82, 2.24) is 4.72 Å². The van der Waals surface area contributed by atoms with Crippen molar-refractivity contribution in [2.75, 3.05) is 0 Å². The van der Waals surface area contributed by atoms with Crippen LogP contribution in [-0.4, -0.2) is 8.42 Å². The molecule has 3 aromatic rings. The summed E-state index contributed by atoms with van der Waals surface area (Å²) in [5.74, 6) is -0.182. The van der Waals surface area contributed by atoms with Gasteiger partial charge in [0.2, 0.25) is 10.0 Å². The summed E-state index contributed by atoms with van der Waals surface area (Å²) >= 11 is 5.64. The van der Waals surface area contributed by atoms with Crippen molar-refractivity contribution in [3.63, 3.8) is 0 Å². The second-order valence-electron chi connectivity index (χ2n) is 5.11. The Bertz CT molecular complexity index is 935. The van der Waals surface area contributed by atoms with Gasteiger partial charge < -0.3 is 4.42 Å². The number of fused-ring (bicyclic) bond motifs is 1. The molecular weight excluding hydrogens is 341 g/mol. The lowest BCUT2D eigenvalue weighted by Crippen LogP contribution is -2.26. The van der Waals surface area contributed by atoms with Gasteiger partial charge in [-0.15, -0.1) is 0 Å². The molecule has 0 unspecified atom stereocenters. The maximum Gasteiger partial charge on any atom is 0.241 e. The second-order valence-corrected chi connectivity index (χ2v) is 7.23. The number of sulfonamides is 1. The Morgan fingerprint density at radius 3 is 2.61 bits per heavy atom. The Morgan fingerprint density at radius 2 is 1.91 bits per heavy atom. The number of para-hydroxylation sites is 1. The van der Waals surface area contributed by atoms with E-state index in [1.165, 1.54) is 0 Å². The molecule has 0 amide bonds. The minimum atomic E-state index is -3.85. The molecule has 7 heteroatoms. The second kappa shape index (κ2) is 5.96. The van der Waals surface area contributed by atoms with Gasteiger partial charge >= 0.3 is 0 Å². The van der Waals surface area contributed by atoms with E-state index in [2.05, 4.69) is 4.72 Å². The van der Waals surface area contributed by atoms with E-state index < -0.39 is 21.9 Å². The van der Waals surface area contributed by atoms with Crippen molar-refractivity contribution in [3.8, 4) is 0 Å². The molecule has 0 aliphatic heterocycles. The van der Waals surface area contributed by atoms with Gasteiger partial charge in [0.25, 0.3) is 0 Å². The fourth-order valence-corrected chi connectivity index (χ4v) is 3.70.